The van der Waals surface area contributed by atoms with Crippen molar-refractivity contribution in [2.75, 3.05) is 32.1 Å². The molecule has 186 valence electrons. The molecule has 0 bridgehead atoms. The molecule has 1 fully saturated rings. The van der Waals surface area contributed by atoms with Gasteiger partial charge in [-0.1, -0.05) is 30.3 Å². The van der Waals surface area contributed by atoms with E-state index in [9.17, 15) is 22.8 Å². The number of fused-ring (bicyclic) bond motifs is 2. The van der Waals surface area contributed by atoms with Gasteiger partial charge in [-0.15, -0.1) is 0 Å². The number of anilines is 1. The molecule has 0 aromatic heterocycles. The number of nitrogens with one attached hydrogen (secondary N) is 1. The molecule has 1 saturated heterocycles. The topological polar surface area (TPSA) is 61.9 Å². The summed E-state index contributed by atoms with van der Waals surface area (Å²) in [7, 11) is 1.61. The molecule has 9 heteroatoms. The molecule has 6 nitrogen and oxygen atoms in total. The Bertz CT molecular complexity index is 1310. The Morgan fingerprint density at radius 3 is 2.44 bits per heavy atom. The van der Waals surface area contributed by atoms with Crippen molar-refractivity contribution < 1.29 is 27.5 Å². The fraction of sp³-hybridized carbons (Fsp3) is 0.259. The minimum Gasteiger partial charge on any atom is -0.497 e. The van der Waals surface area contributed by atoms with Gasteiger partial charge in [0.15, 0.2) is 0 Å². The maximum Gasteiger partial charge on any atom is 0.416 e. The van der Waals surface area contributed by atoms with Crippen LogP contribution in [0.15, 0.2) is 66.7 Å². The molecule has 2 amide bonds. The molecule has 2 aliphatic heterocycles. The molecule has 3 aromatic rings. The third-order valence-electron chi connectivity index (χ3n) is 6.62. The lowest BCUT2D eigenvalue weighted by Crippen LogP contribution is -2.58. The number of halogens is 3. The lowest BCUT2D eigenvalue weighted by molar-refractivity contribution is -0.137. The molecule has 2 heterocycles. The number of methoxy groups -OCH3 is 1. The van der Waals surface area contributed by atoms with E-state index in [1.54, 1.807) is 36.3 Å². The summed E-state index contributed by atoms with van der Waals surface area (Å²) in [6, 6.07) is 16.7. The Labute approximate surface area is 206 Å². The van der Waals surface area contributed by atoms with Crippen molar-refractivity contribution in [1.82, 2.24) is 9.80 Å². The molecule has 1 atom stereocenters. The highest BCUT2D eigenvalue weighted by molar-refractivity contribution is 6.10. The Balaban J connectivity index is 1.38. The predicted molar refractivity (Wildman–Crippen MR) is 129 cm³/mol. The van der Waals surface area contributed by atoms with E-state index < -0.39 is 17.8 Å². The second-order valence-electron chi connectivity index (χ2n) is 8.93. The summed E-state index contributed by atoms with van der Waals surface area (Å²) in [6.07, 6.45) is -4.47. The number of hydrogen-bond acceptors (Lipinski definition) is 4. The van der Waals surface area contributed by atoms with Crippen LogP contribution in [0.3, 0.4) is 0 Å². The molecular weight excluding hydrogens is 471 g/mol. The molecule has 36 heavy (non-hydrogen) atoms. The number of rotatable bonds is 4. The van der Waals surface area contributed by atoms with E-state index in [0.29, 0.717) is 43.0 Å². The van der Waals surface area contributed by atoms with Gasteiger partial charge in [-0.3, -0.25) is 14.5 Å². The second kappa shape index (κ2) is 9.31. The number of carbonyl (C=O) groups excluding carboxylic acids is 2. The van der Waals surface area contributed by atoms with Crippen molar-refractivity contribution in [2.24, 2.45) is 0 Å². The fourth-order valence-corrected chi connectivity index (χ4v) is 4.70. The molecule has 1 unspecified atom stereocenters. The van der Waals surface area contributed by atoms with Gasteiger partial charge in [-0.2, -0.15) is 13.2 Å². The summed E-state index contributed by atoms with van der Waals surface area (Å²) in [5, 5.41) is 2.84. The van der Waals surface area contributed by atoms with E-state index >= 15 is 0 Å². The van der Waals surface area contributed by atoms with Gasteiger partial charge in [-0.25, -0.2) is 0 Å². The Morgan fingerprint density at radius 1 is 0.972 bits per heavy atom. The van der Waals surface area contributed by atoms with E-state index in [1.807, 2.05) is 24.3 Å². The van der Waals surface area contributed by atoms with Crippen LogP contribution in [-0.2, 0) is 17.5 Å². The number of piperazine rings is 1. The first kappa shape index (κ1) is 23.9. The van der Waals surface area contributed by atoms with Gasteiger partial charge in [0, 0.05) is 26.2 Å². The van der Waals surface area contributed by atoms with E-state index in [2.05, 4.69) is 10.2 Å². The number of nitrogens with zero attached hydrogens (tertiary/aromatic N) is 2. The van der Waals surface area contributed by atoms with Gasteiger partial charge in [0.25, 0.3) is 5.91 Å². The first-order chi connectivity index (χ1) is 17.2. The minimum atomic E-state index is -4.47. The molecule has 0 aliphatic carbocycles. The number of ether oxygens (including phenoxy) is 1. The zero-order valence-electron chi connectivity index (χ0n) is 19.5. The molecule has 0 saturated carbocycles. The first-order valence-electron chi connectivity index (χ1n) is 11.5. The van der Waals surface area contributed by atoms with Gasteiger partial charge in [0.1, 0.15) is 11.8 Å². The summed E-state index contributed by atoms with van der Waals surface area (Å²) in [4.78, 5) is 30.2. The fourth-order valence-electron chi connectivity index (χ4n) is 4.70. The molecule has 2 aliphatic rings. The molecule has 1 N–H and O–H groups in total. The first-order valence-corrected chi connectivity index (χ1v) is 11.5. The van der Waals surface area contributed by atoms with Crippen LogP contribution in [0.25, 0.3) is 11.1 Å². The van der Waals surface area contributed by atoms with Crippen LogP contribution in [0, 0.1) is 0 Å². The standard InChI is InChI=1S/C27H24F3N3O3/c1-36-21-8-5-17(6-9-21)15-32-11-12-33-24(16-32)25(34)31-23-10-7-19(14-22(23)26(33)35)18-3-2-4-20(13-18)27(28,29)30/h2-10,13-14,24H,11-12,15-16H2,1H3,(H,31,34). The third-order valence-corrected chi connectivity index (χ3v) is 6.62. The maximum absolute atomic E-state index is 13.5. The SMILES string of the molecule is COc1ccc(CN2CCN3C(=O)c4cc(-c5cccc(C(F)(F)F)c5)ccc4NC(=O)C3C2)cc1. The quantitative estimate of drug-likeness (QED) is 0.572. The third kappa shape index (κ3) is 4.66. The van der Waals surface area contributed by atoms with Crippen LogP contribution in [0.4, 0.5) is 18.9 Å². The summed E-state index contributed by atoms with van der Waals surface area (Å²) < 4.78 is 44.8. The maximum atomic E-state index is 13.5. The highest BCUT2D eigenvalue weighted by Gasteiger charge is 2.39. The Hall–Kier alpha value is -3.85. The van der Waals surface area contributed by atoms with E-state index in [1.165, 1.54) is 6.07 Å². The number of amides is 2. The average Bonchev–Trinajstić information content (AvgIpc) is 2.98. The molecule has 0 spiro atoms. The monoisotopic (exact) mass is 495 g/mol. The summed E-state index contributed by atoms with van der Waals surface area (Å²) in [5.74, 6) is 0.166. The van der Waals surface area contributed by atoms with Crippen molar-refractivity contribution in [3.8, 4) is 16.9 Å². The van der Waals surface area contributed by atoms with Crippen LogP contribution >= 0.6 is 0 Å². The van der Waals surface area contributed by atoms with Gasteiger partial charge in [0.2, 0.25) is 5.91 Å². The molecule has 3 aromatic carbocycles. The van der Waals surface area contributed by atoms with Crippen molar-refractivity contribution in [3.63, 3.8) is 0 Å². The predicted octanol–water partition coefficient (Wildman–Crippen LogP) is 4.66. The van der Waals surface area contributed by atoms with Gasteiger partial charge in [-0.05, 0) is 53.1 Å². The van der Waals surface area contributed by atoms with Crippen LogP contribution < -0.4 is 10.1 Å². The van der Waals surface area contributed by atoms with Crippen molar-refractivity contribution in [2.45, 2.75) is 18.8 Å². The second-order valence-corrected chi connectivity index (χ2v) is 8.93. The van der Waals surface area contributed by atoms with Crippen LogP contribution in [0.5, 0.6) is 5.75 Å². The van der Waals surface area contributed by atoms with E-state index in [0.717, 1.165) is 23.4 Å². The van der Waals surface area contributed by atoms with Crippen LogP contribution in [0.1, 0.15) is 21.5 Å². The smallest absolute Gasteiger partial charge is 0.416 e. The lowest BCUT2D eigenvalue weighted by atomic mass is 9.99. The summed E-state index contributed by atoms with van der Waals surface area (Å²) >= 11 is 0. The summed E-state index contributed by atoms with van der Waals surface area (Å²) in [5.41, 5.74) is 1.75. The summed E-state index contributed by atoms with van der Waals surface area (Å²) in [6.45, 7) is 1.95. The van der Waals surface area contributed by atoms with Crippen molar-refractivity contribution >= 4 is 17.5 Å². The van der Waals surface area contributed by atoms with Crippen molar-refractivity contribution in [1.29, 1.82) is 0 Å². The molecular formula is C27H24F3N3O3. The van der Waals surface area contributed by atoms with Gasteiger partial charge >= 0.3 is 6.18 Å². The van der Waals surface area contributed by atoms with Gasteiger partial charge in [0.05, 0.1) is 23.9 Å². The zero-order chi connectivity index (χ0) is 25.4. The normalized spacial score (nSPS) is 18.2. The van der Waals surface area contributed by atoms with E-state index in [-0.39, 0.29) is 17.4 Å². The number of hydrogen-bond donors (Lipinski definition) is 1. The van der Waals surface area contributed by atoms with Crippen molar-refractivity contribution in [3.05, 3.63) is 83.4 Å². The van der Waals surface area contributed by atoms with E-state index in [4.69, 9.17) is 4.74 Å². The van der Waals surface area contributed by atoms with Crippen LogP contribution in [0.2, 0.25) is 0 Å². The Morgan fingerprint density at radius 2 is 1.72 bits per heavy atom. The van der Waals surface area contributed by atoms with Crippen LogP contribution in [-0.4, -0.2) is 54.4 Å². The zero-order valence-corrected chi connectivity index (χ0v) is 19.5. The number of benzene rings is 3. The highest BCUT2D eigenvalue weighted by atomic mass is 19.4. The highest BCUT2D eigenvalue weighted by Crippen LogP contribution is 2.34. The minimum absolute atomic E-state index is 0.268. The number of carbonyl (C=O) groups is 2. The molecule has 0 radical (unpaired) electrons. The molecule has 5 rings (SSSR count). The average molecular weight is 496 g/mol. The van der Waals surface area contributed by atoms with Gasteiger partial charge < -0.3 is 15.0 Å². The lowest BCUT2D eigenvalue weighted by Gasteiger charge is -2.39. The Kier molecular flexibility index (Phi) is 6.17. The largest absolute Gasteiger partial charge is 0.497 e. The number of alkyl halides is 3.